The maximum Gasteiger partial charge on any atom is 0.343 e. The molecule has 5 aliphatic rings. The Balaban J connectivity index is 1.37. The summed E-state index contributed by atoms with van der Waals surface area (Å²) >= 11 is 0. The minimum absolute atomic E-state index is 0.0442. The topological polar surface area (TPSA) is 35.5 Å². The number of ether oxygens (including phenoxy) is 2. The van der Waals surface area contributed by atoms with Crippen LogP contribution in [0.5, 0.6) is 0 Å². The van der Waals surface area contributed by atoms with Crippen molar-refractivity contribution in [2.75, 3.05) is 0 Å². The first-order chi connectivity index (χ1) is 17.8. The molecule has 7 unspecified atom stereocenters. The van der Waals surface area contributed by atoms with E-state index in [0.717, 1.165) is 40.6 Å². The van der Waals surface area contributed by atoms with Crippen LogP contribution in [-0.4, -0.2) is 12.1 Å². The molecule has 1 heterocycles. The highest BCUT2D eigenvalue weighted by Gasteiger charge is 2.58. The molecule has 0 spiro atoms. The molecule has 0 bridgehead atoms. The summed E-state index contributed by atoms with van der Waals surface area (Å²) in [5, 5.41) is 0. The van der Waals surface area contributed by atoms with Crippen LogP contribution < -0.4 is 0 Å². The Hall–Kier alpha value is -2.81. The maximum absolute atomic E-state index is 13.5. The number of fused-ring (bicyclic) bond motifs is 8. The molecule has 7 rings (SSSR count). The fourth-order valence-electron chi connectivity index (χ4n) is 8.73. The van der Waals surface area contributed by atoms with Crippen LogP contribution in [0.15, 0.2) is 78.3 Å². The molecule has 0 amide bonds. The van der Waals surface area contributed by atoms with Crippen molar-refractivity contribution in [3.8, 4) is 0 Å². The normalized spacial score (nSPS) is 34.9. The molecular weight excluding hydrogens is 444 g/mol. The first-order valence-electron chi connectivity index (χ1n) is 14.2. The van der Waals surface area contributed by atoms with Crippen LogP contribution in [0.4, 0.5) is 0 Å². The predicted octanol–water partition coefficient (Wildman–Crippen LogP) is 7.80. The molecule has 4 fully saturated rings. The van der Waals surface area contributed by atoms with Crippen molar-refractivity contribution in [2.24, 2.45) is 35.5 Å². The summed E-state index contributed by atoms with van der Waals surface area (Å²) in [4.78, 5) is 13.5. The van der Waals surface area contributed by atoms with Crippen LogP contribution >= 0.6 is 0 Å². The van der Waals surface area contributed by atoms with Crippen LogP contribution in [0.25, 0.3) is 5.57 Å². The number of hydrogen-bond donors (Lipinski definition) is 0. The average Bonchev–Trinajstić information content (AvgIpc) is 3.34. The average molecular weight is 481 g/mol. The number of allylic oxidation sites excluding steroid dienone is 1. The molecular formula is C33H36O3. The summed E-state index contributed by atoms with van der Waals surface area (Å²) < 4.78 is 13.1. The fourth-order valence-corrected chi connectivity index (χ4v) is 8.73. The molecule has 1 aliphatic heterocycles. The van der Waals surface area contributed by atoms with E-state index in [-0.39, 0.29) is 12.1 Å². The number of benzene rings is 2. The Morgan fingerprint density at radius 3 is 2.22 bits per heavy atom. The summed E-state index contributed by atoms with van der Waals surface area (Å²) in [6.07, 6.45) is 13.9. The molecule has 0 aromatic heterocycles. The van der Waals surface area contributed by atoms with Gasteiger partial charge in [-0.15, -0.1) is 0 Å². The molecule has 36 heavy (non-hydrogen) atoms. The van der Waals surface area contributed by atoms with Crippen molar-refractivity contribution in [3.63, 3.8) is 0 Å². The number of carbonyl (C=O) groups excluding carboxylic acids is 1. The summed E-state index contributed by atoms with van der Waals surface area (Å²) in [5.41, 5.74) is 3.89. The van der Waals surface area contributed by atoms with Gasteiger partial charge in [-0.1, -0.05) is 80.6 Å². The molecule has 186 valence electrons. The molecule has 2 aromatic carbocycles. The van der Waals surface area contributed by atoms with Gasteiger partial charge in [0.25, 0.3) is 0 Å². The third-order valence-corrected chi connectivity index (χ3v) is 10.1. The SMILES string of the molecule is O=C(OC1=C2C3CC4CCCCC4C3C3CCCCC3C2OC=C1c1ccccc1)c1ccccc1. The van der Waals surface area contributed by atoms with Crippen molar-refractivity contribution in [1.29, 1.82) is 0 Å². The Morgan fingerprint density at radius 2 is 1.44 bits per heavy atom. The molecule has 2 aromatic rings. The van der Waals surface area contributed by atoms with Gasteiger partial charge in [-0.05, 0) is 73.0 Å². The summed E-state index contributed by atoms with van der Waals surface area (Å²) in [6.45, 7) is 0. The summed E-state index contributed by atoms with van der Waals surface area (Å²) in [5.74, 6) is 4.66. The van der Waals surface area contributed by atoms with E-state index in [1.807, 2.05) is 42.7 Å². The van der Waals surface area contributed by atoms with Gasteiger partial charge in [-0.2, -0.15) is 0 Å². The van der Waals surface area contributed by atoms with Gasteiger partial charge in [0.1, 0.15) is 11.9 Å². The minimum atomic E-state index is -0.265. The zero-order valence-electron chi connectivity index (χ0n) is 21.0. The molecule has 0 saturated heterocycles. The zero-order valence-corrected chi connectivity index (χ0v) is 21.0. The first-order valence-corrected chi connectivity index (χ1v) is 14.2. The Kier molecular flexibility index (Phi) is 5.75. The highest BCUT2D eigenvalue weighted by atomic mass is 16.5. The third-order valence-electron chi connectivity index (χ3n) is 10.1. The van der Waals surface area contributed by atoms with Gasteiger partial charge in [0.15, 0.2) is 0 Å². The quantitative estimate of drug-likeness (QED) is 0.421. The van der Waals surface area contributed by atoms with Crippen molar-refractivity contribution in [3.05, 3.63) is 89.4 Å². The van der Waals surface area contributed by atoms with Crippen LogP contribution in [0.1, 0.15) is 73.7 Å². The van der Waals surface area contributed by atoms with E-state index in [1.165, 1.54) is 63.4 Å². The van der Waals surface area contributed by atoms with Gasteiger partial charge >= 0.3 is 5.97 Å². The second-order valence-electron chi connectivity index (χ2n) is 11.7. The summed E-state index contributed by atoms with van der Waals surface area (Å²) in [7, 11) is 0. The highest BCUT2D eigenvalue weighted by molar-refractivity contribution is 5.92. The van der Waals surface area contributed by atoms with Crippen LogP contribution in [-0.2, 0) is 9.47 Å². The Labute approximate surface area is 214 Å². The van der Waals surface area contributed by atoms with Gasteiger partial charge in [-0.3, -0.25) is 0 Å². The second-order valence-corrected chi connectivity index (χ2v) is 11.7. The number of rotatable bonds is 3. The highest BCUT2D eigenvalue weighted by Crippen LogP contribution is 2.63. The Bertz CT molecular complexity index is 1180. The van der Waals surface area contributed by atoms with E-state index in [2.05, 4.69) is 24.3 Å². The van der Waals surface area contributed by atoms with E-state index in [4.69, 9.17) is 9.47 Å². The van der Waals surface area contributed by atoms with E-state index in [1.54, 1.807) is 0 Å². The molecule has 3 heteroatoms. The predicted molar refractivity (Wildman–Crippen MR) is 141 cm³/mol. The van der Waals surface area contributed by atoms with Crippen molar-refractivity contribution >= 4 is 11.5 Å². The van der Waals surface area contributed by atoms with Crippen LogP contribution in [0, 0.1) is 35.5 Å². The lowest BCUT2D eigenvalue weighted by Gasteiger charge is -2.51. The van der Waals surface area contributed by atoms with Gasteiger partial charge < -0.3 is 9.47 Å². The first kappa shape index (κ1) is 22.4. The van der Waals surface area contributed by atoms with Crippen molar-refractivity contribution in [1.82, 2.24) is 0 Å². The molecule has 4 aliphatic carbocycles. The van der Waals surface area contributed by atoms with Gasteiger partial charge in [0.2, 0.25) is 0 Å². The van der Waals surface area contributed by atoms with Gasteiger partial charge in [0, 0.05) is 11.5 Å². The Morgan fingerprint density at radius 1 is 0.778 bits per heavy atom. The van der Waals surface area contributed by atoms with Crippen LogP contribution in [0.3, 0.4) is 0 Å². The molecule has 4 saturated carbocycles. The number of hydrogen-bond acceptors (Lipinski definition) is 3. The van der Waals surface area contributed by atoms with Crippen molar-refractivity contribution in [2.45, 2.75) is 63.9 Å². The van der Waals surface area contributed by atoms with Crippen LogP contribution in [0.2, 0.25) is 0 Å². The fraction of sp³-hybridized carbons (Fsp3) is 0.485. The van der Waals surface area contributed by atoms with E-state index in [9.17, 15) is 4.79 Å². The van der Waals surface area contributed by atoms with Gasteiger partial charge in [-0.25, -0.2) is 4.79 Å². The molecule has 0 radical (unpaired) electrons. The lowest BCUT2D eigenvalue weighted by atomic mass is 9.56. The standard InChI is InChI=1S/C33H36O3/c34-33(22-13-5-2-6-14-22)36-32-28(21-11-3-1-4-12-21)20-35-31-26-18-10-9-17-25(26)29-24-16-8-7-15-23(24)19-27(29)30(31)32/h1-6,11-14,20,23-27,29,31H,7-10,15-19H2. The smallest absolute Gasteiger partial charge is 0.343 e. The van der Waals surface area contributed by atoms with Gasteiger partial charge in [0.05, 0.1) is 17.4 Å². The van der Waals surface area contributed by atoms with E-state index in [0.29, 0.717) is 17.4 Å². The lowest BCUT2D eigenvalue weighted by Crippen LogP contribution is -2.48. The lowest BCUT2D eigenvalue weighted by molar-refractivity contribution is -0.0294. The number of carbonyl (C=O) groups is 1. The van der Waals surface area contributed by atoms with Crippen molar-refractivity contribution < 1.29 is 14.3 Å². The largest absolute Gasteiger partial charge is 0.492 e. The third kappa shape index (κ3) is 3.66. The summed E-state index contributed by atoms with van der Waals surface area (Å²) in [6, 6.07) is 19.8. The van der Waals surface area contributed by atoms with E-state index >= 15 is 0 Å². The number of esters is 1. The molecule has 0 N–H and O–H groups in total. The molecule has 7 atom stereocenters. The molecule has 3 nitrogen and oxygen atoms in total. The minimum Gasteiger partial charge on any atom is -0.492 e. The second kappa shape index (κ2) is 9.25. The van der Waals surface area contributed by atoms with E-state index < -0.39 is 0 Å². The maximum atomic E-state index is 13.5. The zero-order chi connectivity index (χ0) is 24.1. The monoisotopic (exact) mass is 480 g/mol.